The van der Waals surface area contributed by atoms with Crippen LogP contribution < -0.4 is 0 Å². The van der Waals surface area contributed by atoms with Gasteiger partial charge in [0.2, 0.25) is 11.8 Å². The number of ether oxygens (including phenoxy) is 1. The van der Waals surface area contributed by atoms with Crippen LogP contribution >= 0.6 is 11.6 Å². The molecule has 0 saturated carbocycles. The summed E-state index contributed by atoms with van der Waals surface area (Å²) in [6, 6.07) is 4.45. The minimum Gasteiger partial charge on any atom is -0.508 e. The van der Waals surface area contributed by atoms with Crippen LogP contribution in [0.5, 0.6) is 5.75 Å². The van der Waals surface area contributed by atoms with E-state index in [0.717, 1.165) is 12.7 Å². The molecule has 2 heterocycles. The number of likely N-dealkylation sites (tertiary alicyclic amines) is 1. The Kier molecular flexibility index (Phi) is 5.38. The largest absolute Gasteiger partial charge is 0.508 e. The van der Waals surface area contributed by atoms with Gasteiger partial charge in [-0.15, -0.1) is 0 Å². The van der Waals surface area contributed by atoms with Crippen molar-refractivity contribution < 1.29 is 33.9 Å². The Bertz CT molecular complexity index is 964. The van der Waals surface area contributed by atoms with Crippen LogP contribution in [0.4, 0.5) is 4.79 Å². The van der Waals surface area contributed by atoms with Gasteiger partial charge in [0.25, 0.3) is 0 Å². The van der Waals surface area contributed by atoms with Crippen molar-refractivity contribution in [1.82, 2.24) is 4.90 Å². The van der Waals surface area contributed by atoms with Gasteiger partial charge in [-0.1, -0.05) is 30.2 Å². The molecule has 30 heavy (non-hydrogen) atoms. The number of allylic oxidation sites excluding steroid dienone is 2. The fraction of sp³-hybridized carbons (Fsp3) is 0.450. The first kappa shape index (κ1) is 20.9. The van der Waals surface area contributed by atoms with Crippen molar-refractivity contribution in [2.24, 2.45) is 17.8 Å². The van der Waals surface area contributed by atoms with E-state index in [1.165, 1.54) is 12.1 Å². The lowest BCUT2D eigenvalue weighted by atomic mass is 9.55. The number of hydrogen-bond acceptors (Lipinski definition) is 7. The highest BCUT2D eigenvalue weighted by molar-refractivity contribution is 6.53. The van der Waals surface area contributed by atoms with Gasteiger partial charge in [-0.3, -0.25) is 9.59 Å². The highest BCUT2D eigenvalue weighted by Gasteiger charge is 2.59. The molecule has 0 spiro atoms. The van der Waals surface area contributed by atoms with Crippen LogP contribution in [0.25, 0.3) is 0 Å². The Labute approximate surface area is 178 Å². The van der Waals surface area contributed by atoms with Gasteiger partial charge in [0, 0.05) is 5.02 Å². The van der Waals surface area contributed by atoms with Gasteiger partial charge in [-0.05, 0) is 48.3 Å². The number of phenolic OH excluding ortho intramolecular Hbond substituents is 1. The normalized spacial score (nSPS) is 28.5. The molecule has 0 radical (unpaired) electrons. The molecule has 3 aliphatic rings. The second-order valence-electron chi connectivity index (χ2n) is 7.76. The number of imide groups is 3. The van der Waals surface area contributed by atoms with Crippen LogP contribution in [0, 0.1) is 17.8 Å². The van der Waals surface area contributed by atoms with E-state index >= 15 is 0 Å². The highest BCUT2D eigenvalue weighted by Crippen LogP contribution is 2.52. The number of carbonyl (C=O) groups excluding carboxylic acids is 3. The lowest BCUT2D eigenvalue weighted by Gasteiger charge is -2.42. The Balaban J connectivity index is 1.75. The Hall–Kier alpha value is -2.36. The van der Waals surface area contributed by atoms with E-state index in [0.29, 0.717) is 28.8 Å². The van der Waals surface area contributed by atoms with Gasteiger partial charge < -0.3 is 19.5 Å². The summed E-state index contributed by atoms with van der Waals surface area (Å²) in [4.78, 5) is 38.5. The van der Waals surface area contributed by atoms with E-state index in [4.69, 9.17) is 16.3 Å². The summed E-state index contributed by atoms with van der Waals surface area (Å²) in [6.07, 6.45) is -0.468. The van der Waals surface area contributed by atoms with Crippen molar-refractivity contribution in [3.63, 3.8) is 0 Å². The number of methoxy groups -OCH3 is 1. The van der Waals surface area contributed by atoms with E-state index in [-0.39, 0.29) is 17.2 Å². The second-order valence-corrected chi connectivity index (χ2v) is 8.16. The first-order chi connectivity index (χ1) is 14.3. The van der Waals surface area contributed by atoms with E-state index in [2.05, 4.69) is 4.74 Å². The molecule has 2 aliphatic heterocycles. The van der Waals surface area contributed by atoms with Gasteiger partial charge in [0.05, 0.1) is 25.0 Å². The van der Waals surface area contributed by atoms with Crippen LogP contribution in [0.3, 0.4) is 0 Å². The number of amides is 3. The first-order valence-electron chi connectivity index (χ1n) is 9.77. The van der Waals surface area contributed by atoms with E-state index in [9.17, 15) is 24.5 Å². The molecule has 2 saturated heterocycles. The minimum absolute atomic E-state index is 0.00280. The van der Waals surface area contributed by atoms with Gasteiger partial charge in [-0.25, -0.2) is 4.79 Å². The number of fused-ring (bicyclic) bond motifs is 3. The van der Waals surface area contributed by atoms with Crippen molar-refractivity contribution in [3.8, 4) is 5.75 Å². The smallest absolute Gasteiger partial charge is 0.487 e. The fourth-order valence-electron chi connectivity index (χ4n) is 5.00. The summed E-state index contributed by atoms with van der Waals surface area (Å²) < 4.78 is 10.5. The zero-order chi connectivity index (χ0) is 21.7. The van der Waals surface area contributed by atoms with E-state index < -0.39 is 48.9 Å². The number of halogens is 1. The molecule has 4 atom stereocenters. The second kappa shape index (κ2) is 7.72. The SMILES string of the molecule is CCC1=C2B(O)O[C@H](c3ccc(O)cc3Cl)C[C@H]2[C@H]2C(=O)N(C(=O)OC)C(=O)[C@H]2C1. The number of benzene rings is 1. The number of rotatable bonds is 2. The predicted octanol–water partition coefficient (Wildman–Crippen LogP) is 2.62. The molecule has 1 aliphatic carbocycles. The molecule has 1 aromatic carbocycles. The first-order valence-corrected chi connectivity index (χ1v) is 10.2. The molecule has 2 N–H and O–H groups in total. The predicted molar refractivity (Wildman–Crippen MR) is 106 cm³/mol. The lowest BCUT2D eigenvalue weighted by molar-refractivity contribution is -0.137. The molecular formula is C20H21BClNO7. The molecule has 0 unspecified atom stereocenters. The molecule has 0 aromatic heterocycles. The number of phenols is 1. The van der Waals surface area contributed by atoms with E-state index in [1.54, 1.807) is 6.07 Å². The average molecular weight is 434 g/mol. The molecular weight excluding hydrogens is 412 g/mol. The molecule has 8 nitrogen and oxygen atoms in total. The third kappa shape index (κ3) is 3.12. The minimum atomic E-state index is -1.26. The summed E-state index contributed by atoms with van der Waals surface area (Å²) in [5.41, 5.74) is 2.03. The molecule has 1 aromatic rings. The highest BCUT2D eigenvalue weighted by atomic mass is 35.5. The summed E-state index contributed by atoms with van der Waals surface area (Å²) in [5, 5.41) is 20.7. The van der Waals surface area contributed by atoms with Gasteiger partial charge in [0.1, 0.15) is 5.75 Å². The van der Waals surface area contributed by atoms with Crippen molar-refractivity contribution in [1.29, 1.82) is 0 Å². The molecule has 4 rings (SSSR count). The topological polar surface area (TPSA) is 113 Å². The number of nitrogens with zero attached hydrogens (tertiary/aromatic N) is 1. The van der Waals surface area contributed by atoms with Crippen LogP contribution in [0.2, 0.25) is 5.02 Å². The average Bonchev–Trinajstić information content (AvgIpc) is 2.96. The van der Waals surface area contributed by atoms with Crippen molar-refractivity contribution in [2.75, 3.05) is 7.11 Å². The summed E-state index contributed by atoms with van der Waals surface area (Å²) in [7, 11) is -0.142. The molecule has 2 fully saturated rings. The monoisotopic (exact) mass is 433 g/mol. The van der Waals surface area contributed by atoms with Crippen molar-refractivity contribution in [3.05, 3.63) is 39.8 Å². The van der Waals surface area contributed by atoms with Crippen LogP contribution in [-0.4, -0.2) is 47.2 Å². The zero-order valence-electron chi connectivity index (χ0n) is 16.5. The number of aromatic hydroxyl groups is 1. The molecule has 3 amide bonds. The molecule has 0 bridgehead atoms. The third-order valence-electron chi connectivity index (χ3n) is 6.33. The number of hydrogen-bond donors (Lipinski definition) is 2. The molecule has 158 valence electrons. The zero-order valence-corrected chi connectivity index (χ0v) is 17.3. The van der Waals surface area contributed by atoms with Gasteiger partial charge in [0.15, 0.2) is 0 Å². The summed E-state index contributed by atoms with van der Waals surface area (Å²) in [5.74, 6) is -3.12. The van der Waals surface area contributed by atoms with Crippen LogP contribution in [0.15, 0.2) is 29.2 Å². The summed E-state index contributed by atoms with van der Waals surface area (Å²) in [6.45, 7) is 1.91. The maximum atomic E-state index is 13.1. The van der Waals surface area contributed by atoms with Crippen molar-refractivity contribution in [2.45, 2.75) is 32.3 Å². The molecule has 10 heteroatoms. The standard InChI is InChI=1S/C20H21BClNO7/c1-3-9-6-13-16(19(26)23(18(13)25)20(27)29-2)12-8-15(30-21(28)17(9)12)11-5-4-10(24)7-14(11)22/h4-5,7,12-13,15-16,24,28H,3,6,8H2,1-2H3/t12-,13-,15-,16+/m0/s1. The Morgan fingerprint density at radius 3 is 2.70 bits per heavy atom. The van der Waals surface area contributed by atoms with Gasteiger partial charge >= 0.3 is 13.2 Å². The quantitative estimate of drug-likeness (QED) is 0.544. The fourth-order valence-corrected chi connectivity index (χ4v) is 5.29. The van der Waals surface area contributed by atoms with E-state index in [1.807, 2.05) is 6.92 Å². The van der Waals surface area contributed by atoms with Crippen LogP contribution in [0.1, 0.15) is 37.9 Å². The maximum Gasteiger partial charge on any atom is 0.487 e. The number of carbonyl (C=O) groups is 3. The summed E-state index contributed by atoms with van der Waals surface area (Å²) >= 11 is 6.26. The van der Waals surface area contributed by atoms with Gasteiger partial charge in [-0.2, -0.15) is 4.90 Å². The Morgan fingerprint density at radius 2 is 2.07 bits per heavy atom. The Morgan fingerprint density at radius 1 is 1.33 bits per heavy atom. The lowest BCUT2D eigenvalue weighted by Crippen LogP contribution is -2.45. The maximum absolute atomic E-state index is 13.1. The van der Waals surface area contributed by atoms with Crippen LogP contribution in [-0.2, 0) is 19.0 Å². The third-order valence-corrected chi connectivity index (χ3v) is 6.65. The van der Waals surface area contributed by atoms with Crippen molar-refractivity contribution >= 4 is 36.6 Å².